The van der Waals surface area contributed by atoms with Crippen LogP contribution >= 0.6 is 11.6 Å². The zero-order valence-corrected chi connectivity index (χ0v) is 35.7. The first-order valence-corrected chi connectivity index (χ1v) is 21.9. The van der Waals surface area contributed by atoms with Crippen molar-refractivity contribution in [2.75, 3.05) is 36.5 Å². The Labute approximate surface area is 374 Å². The van der Waals surface area contributed by atoms with Gasteiger partial charge >= 0.3 is 0 Å². The molecule has 6 amide bonds. The Morgan fingerprint density at radius 2 is 1.58 bits per heavy atom. The maximum Gasteiger partial charge on any atom is 0.262 e. The Morgan fingerprint density at radius 3 is 2.39 bits per heavy atom. The number of anilines is 3. The number of aromatic nitrogens is 3. The lowest BCUT2D eigenvalue weighted by atomic mass is 9.77. The van der Waals surface area contributed by atoms with Crippen molar-refractivity contribution in [1.82, 2.24) is 30.1 Å². The van der Waals surface area contributed by atoms with E-state index in [0.29, 0.717) is 98.6 Å². The second-order valence-electron chi connectivity index (χ2n) is 16.6. The van der Waals surface area contributed by atoms with E-state index in [9.17, 15) is 28.8 Å². The van der Waals surface area contributed by atoms with Crippen molar-refractivity contribution in [2.24, 2.45) is 5.41 Å². The molecule has 4 aliphatic heterocycles. The number of carbonyl (C=O) groups excluding carboxylic acids is 6. The van der Waals surface area contributed by atoms with Gasteiger partial charge in [-0.3, -0.25) is 44.0 Å². The Balaban J connectivity index is 0.727. The van der Waals surface area contributed by atoms with Crippen molar-refractivity contribution in [3.8, 4) is 28.1 Å². The van der Waals surface area contributed by atoms with Gasteiger partial charge in [0, 0.05) is 38.0 Å². The molecule has 0 saturated carbocycles. The number of benzene rings is 3. The molecule has 3 saturated heterocycles. The summed E-state index contributed by atoms with van der Waals surface area (Å²) < 4.78 is 5.88. The third-order valence-corrected chi connectivity index (χ3v) is 12.9. The van der Waals surface area contributed by atoms with E-state index < -0.39 is 35.1 Å². The number of fused-ring (bicyclic) bond motifs is 1. The summed E-state index contributed by atoms with van der Waals surface area (Å²) in [6, 6.07) is 23.6. The molecule has 16 heteroatoms. The second-order valence-corrected chi connectivity index (χ2v) is 17.0. The number of hydrogen-bond acceptors (Lipinski definition) is 11. The van der Waals surface area contributed by atoms with Crippen molar-refractivity contribution in [3.05, 3.63) is 114 Å². The van der Waals surface area contributed by atoms with E-state index in [0.717, 1.165) is 28.0 Å². The summed E-state index contributed by atoms with van der Waals surface area (Å²) in [5.74, 6) is -1.36. The highest BCUT2D eigenvalue weighted by Crippen LogP contribution is 2.44. The topological polar surface area (TPSA) is 184 Å². The van der Waals surface area contributed by atoms with Crippen LogP contribution in [0.15, 0.2) is 97.5 Å². The van der Waals surface area contributed by atoms with Crippen LogP contribution in [0, 0.1) is 5.41 Å². The minimum absolute atomic E-state index is 0.0489. The molecule has 64 heavy (non-hydrogen) atoms. The summed E-state index contributed by atoms with van der Waals surface area (Å²) in [6.07, 6.45) is 9.44. The summed E-state index contributed by atoms with van der Waals surface area (Å²) in [7, 11) is 0. The monoisotopic (exact) mass is 880 g/mol. The van der Waals surface area contributed by atoms with Crippen molar-refractivity contribution in [1.29, 1.82) is 0 Å². The maximum absolute atomic E-state index is 14.0. The molecule has 1 unspecified atom stereocenters. The van der Waals surface area contributed by atoms with E-state index >= 15 is 0 Å². The number of hydrogen-bond donors (Lipinski definition) is 2. The van der Waals surface area contributed by atoms with E-state index in [-0.39, 0.29) is 35.8 Å². The van der Waals surface area contributed by atoms with Gasteiger partial charge in [0.25, 0.3) is 11.8 Å². The zero-order valence-electron chi connectivity index (χ0n) is 34.9. The predicted molar refractivity (Wildman–Crippen MR) is 238 cm³/mol. The molecule has 3 aromatic carbocycles. The van der Waals surface area contributed by atoms with Crippen molar-refractivity contribution in [2.45, 2.75) is 63.8 Å². The second kappa shape index (κ2) is 18.0. The van der Waals surface area contributed by atoms with E-state index in [2.05, 4.69) is 32.7 Å². The smallest absolute Gasteiger partial charge is 0.262 e. The fourth-order valence-corrected chi connectivity index (χ4v) is 9.24. The number of rotatable bonds is 13. The molecule has 5 aromatic rings. The molecule has 6 heterocycles. The average molecular weight is 881 g/mol. The van der Waals surface area contributed by atoms with Crippen LogP contribution in [0.25, 0.3) is 22.4 Å². The molecule has 2 N–H and O–H groups in total. The molecular formula is C48H45ClN8O7. The number of piperidine rings is 2. The van der Waals surface area contributed by atoms with Gasteiger partial charge in [-0.25, -0.2) is 9.97 Å². The highest BCUT2D eigenvalue weighted by Gasteiger charge is 2.49. The lowest BCUT2D eigenvalue weighted by Gasteiger charge is -2.38. The lowest BCUT2D eigenvalue weighted by Crippen LogP contribution is -2.54. The number of carbonyl (C=O) groups is 6. The molecule has 0 radical (unpaired) electrons. The van der Waals surface area contributed by atoms with Gasteiger partial charge in [-0.05, 0) is 86.4 Å². The SMILES string of the molecule is O=C1CCC(N2C(=O)c3ccc(OCCCCCC(=O)N4CCC5(CC4)CCN(c4cncc(Nc6ncc(Cl)c(-c7cccc(-c8ccccc8)c7)n6)c4)C5=O)cc3C2=O)C(=O)N1. The summed E-state index contributed by atoms with van der Waals surface area (Å²) in [6.45, 7) is 1.95. The Kier molecular flexibility index (Phi) is 11.9. The highest BCUT2D eigenvalue weighted by molar-refractivity contribution is 6.33. The molecular weight excluding hydrogens is 836 g/mol. The molecule has 2 aromatic heterocycles. The number of imide groups is 2. The van der Waals surface area contributed by atoms with Crippen LogP contribution in [0.2, 0.25) is 5.02 Å². The van der Waals surface area contributed by atoms with Gasteiger partial charge in [-0.1, -0.05) is 60.1 Å². The number of ether oxygens (including phenoxy) is 1. The third kappa shape index (κ3) is 8.54. The number of nitrogens with one attached hydrogen (secondary N) is 2. The quantitative estimate of drug-likeness (QED) is 0.0918. The molecule has 4 aliphatic rings. The number of likely N-dealkylation sites (tertiary alicyclic amines) is 1. The van der Waals surface area contributed by atoms with Crippen LogP contribution in [-0.4, -0.2) is 92.5 Å². The maximum atomic E-state index is 14.0. The molecule has 326 valence electrons. The molecule has 3 fully saturated rings. The normalized spacial score (nSPS) is 18.1. The molecule has 9 rings (SSSR count). The summed E-state index contributed by atoms with van der Waals surface area (Å²) in [5, 5.41) is 5.86. The predicted octanol–water partition coefficient (Wildman–Crippen LogP) is 6.99. The van der Waals surface area contributed by atoms with Crippen LogP contribution in [0.5, 0.6) is 5.75 Å². The first-order valence-electron chi connectivity index (χ1n) is 21.6. The van der Waals surface area contributed by atoms with Gasteiger partial charge in [0.05, 0.1) is 63.8 Å². The lowest BCUT2D eigenvalue weighted by molar-refractivity contribution is -0.137. The van der Waals surface area contributed by atoms with Crippen LogP contribution in [0.3, 0.4) is 0 Å². The number of nitrogens with zero attached hydrogens (tertiary/aromatic N) is 6. The fourth-order valence-electron chi connectivity index (χ4n) is 9.04. The average Bonchev–Trinajstić information content (AvgIpc) is 3.75. The number of amides is 6. The Bertz CT molecular complexity index is 2670. The largest absolute Gasteiger partial charge is 0.494 e. The van der Waals surface area contributed by atoms with Gasteiger partial charge in [0.1, 0.15) is 11.8 Å². The van der Waals surface area contributed by atoms with Gasteiger partial charge in [-0.2, -0.15) is 0 Å². The van der Waals surface area contributed by atoms with Crippen molar-refractivity contribution >= 4 is 64.4 Å². The molecule has 1 atom stereocenters. The van der Waals surface area contributed by atoms with Crippen molar-refractivity contribution in [3.63, 3.8) is 0 Å². The van der Waals surface area contributed by atoms with Gasteiger partial charge in [0.2, 0.25) is 29.6 Å². The molecule has 1 spiro atoms. The van der Waals surface area contributed by atoms with Gasteiger partial charge in [0.15, 0.2) is 0 Å². The summed E-state index contributed by atoms with van der Waals surface area (Å²) in [5.41, 5.74) is 4.69. The van der Waals surface area contributed by atoms with E-state index in [1.54, 1.807) is 29.6 Å². The number of halogens is 1. The zero-order chi connectivity index (χ0) is 44.4. The number of pyridine rings is 1. The summed E-state index contributed by atoms with van der Waals surface area (Å²) >= 11 is 6.59. The molecule has 0 aliphatic carbocycles. The summed E-state index contributed by atoms with van der Waals surface area (Å²) in [4.78, 5) is 95.4. The van der Waals surface area contributed by atoms with E-state index in [1.165, 1.54) is 12.1 Å². The minimum atomic E-state index is -1.03. The standard InChI is InChI=1S/C48H45ClN8O7/c49-38-29-51-47(54-42(38)32-11-7-10-31(24-32)30-8-3-1-4-9-30)52-33-25-34(28-50-27-33)56-22-19-48(46(56)63)17-20-55(21-18-48)41(59)12-5-2-6-23-64-35-13-14-36-37(26-35)45(62)57(44(36)61)39-15-16-40(58)53-43(39)60/h1,3-4,7-11,13-14,24-29,39H,2,5-6,12,15-23H2,(H,51,52,54)(H,53,58,60). The van der Waals surface area contributed by atoms with E-state index in [1.807, 2.05) is 53.4 Å². The third-order valence-electron chi connectivity index (χ3n) is 12.6. The fraction of sp³-hybridized carbons (Fsp3) is 0.312. The molecule has 0 bridgehead atoms. The van der Waals surface area contributed by atoms with Crippen LogP contribution in [0.4, 0.5) is 17.3 Å². The number of unbranched alkanes of at least 4 members (excludes halogenated alkanes) is 2. The van der Waals surface area contributed by atoms with Crippen molar-refractivity contribution < 1.29 is 33.5 Å². The highest BCUT2D eigenvalue weighted by atomic mass is 35.5. The van der Waals surface area contributed by atoms with Crippen LogP contribution in [-0.2, 0) is 19.2 Å². The van der Waals surface area contributed by atoms with Gasteiger partial charge < -0.3 is 19.9 Å². The van der Waals surface area contributed by atoms with Crippen LogP contribution < -0.4 is 20.3 Å². The Hall–Kier alpha value is -7.00. The molecule has 15 nitrogen and oxygen atoms in total. The van der Waals surface area contributed by atoms with E-state index in [4.69, 9.17) is 21.3 Å². The minimum Gasteiger partial charge on any atom is -0.494 e. The van der Waals surface area contributed by atoms with Crippen LogP contribution in [0.1, 0.15) is 78.5 Å². The first kappa shape index (κ1) is 42.3. The van der Waals surface area contributed by atoms with Gasteiger partial charge in [-0.15, -0.1) is 0 Å². The Morgan fingerprint density at radius 1 is 0.812 bits per heavy atom. The first-order chi connectivity index (χ1) is 31.1.